The lowest BCUT2D eigenvalue weighted by Crippen LogP contribution is -2.29. The highest BCUT2D eigenvalue weighted by Gasteiger charge is 2.18. The van der Waals surface area contributed by atoms with Crippen LogP contribution in [0.2, 0.25) is 5.02 Å². The van der Waals surface area contributed by atoms with E-state index in [0.29, 0.717) is 0 Å². The van der Waals surface area contributed by atoms with Gasteiger partial charge in [-0.2, -0.15) is 0 Å². The number of benzene rings is 1. The van der Waals surface area contributed by atoms with E-state index in [2.05, 4.69) is 18.3 Å². The second kappa shape index (κ2) is 6.24. The van der Waals surface area contributed by atoms with Gasteiger partial charge in [-0.15, -0.1) is 0 Å². The average molecular weight is 242 g/mol. The van der Waals surface area contributed by atoms with E-state index in [1.165, 1.54) is 5.56 Å². The largest absolute Gasteiger partial charge is 0.377 e. The molecule has 3 heteroatoms. The second-order valence-corrected chi connectivity index (χ2v) is 4.34. The van der Waals surface area contributed by atoms with Gasteiger partial charge >= 0.3 is 0 Å². The summed E-state index contributed by atoms with van der Waals surface area (Å²) in [5, 5.41) is 4.07. The first kappa shape index (κ1) is 13.5. The highest BCUT2D eigenvalue weighted by atomic mass is 35.5. The number of likely N-dealkylation sites (N-methyl/N-ethyl adjacent to an activating group) is 1. The van der Waals surface area contributed by atoms with Crippen LogP contribution in [0.3, 0.4) is 0 Å². The van der Waals surface area contributed by atoms with E-state index in [0.717, 1.165) is 17.2 Å². The maximum absolute atomic E-state index is 6.13. The molecule has 0 aliphatic heterocycles. The standard InChI is InChI=1S/C13H20ClNO/c1-5-16-10(3)13(15-4)11-7-6-9(2)12(14)8-11/h6-8,10,13,15H,5H2,1-4H3. The molecule has 0 saturated carbocycles. The summed E-state index contributed by atoms with van der Waals surface area (Å²) in [6, 6.07) is 6.32. The van der Waals surface area contributed by atoms with E-state index < -0.39 is 0 Å². The van der Waals surface area contributed by atoms with E-state index in [1.807, 2.05) is 33.0 Å². The van der Waals surface area contributed by atoms with Crippen LogP contribution in [-0.2, 0) is 4.74 Å². The van der Waals surface area contributed by atoms with Crippen LogP contribution in [0.1, 0.15) is 31.0 Å². The molecule has 1 aromatic rings. The molecule has 1 rings (SSSR count). The number of halogens is 1. The van der Waals surface area contributed by atoms with Gasteiger partial charge in [0.2, 0.25) is 0 Å². The fourth-order valence-electron chi connectivity index (χ4n) is 1.83. The lowest BCUT2D eigenvalue weighted by Gasteiger charge is -2.24. The zero-order valence-corrected chi connectivity index (χ0v) is 11.1. The molecule has 1 aromatic carbocycles. The summed E-state index contributed by atoms with van der Waals surface area (Å²) >= 11 is 6.13. The maximum atomic E-state index is 6.13. The van der Waals surface area contributed by atoms with Crippen LogP contribution >= 0.6 is 11.6 Å². The molecule has 0 heterocycles. The van der Waals surface area contributed by atoms with Crippen LogP contribution in [0.5, 0.6) is 0 Å². The highest BCUT2D eigenvalue weighted by Crippen LogP contribution is 2.24. The van der Waals surface area contributed by atoms with E-state index in [4.69, 9.17) is 16.3 Å². The molecule has 0 saturated heterocycles. The molecule has 2 atom stereocenters. The Labute approximate surface area is 103 Å². The number of rotatable bonds is 5. The van der Waals surface area contributed by atoms with Crippen LogP contribution in [0.25, 0.3) is 0 Å². The predicted molar refractivity (Wildman–Crippen MR) is 69.1 cm³/mol. The number of hydrogen-bond acceptors (Lipinski definition) is 2. The normalized spacial score (nSPS) is 14.8. The fourth-order valence-corrected chi connectivity index (χ4v) is 2.02. The predicted octanol–water partition coefficient (Wildman–Crippen LogP) is 3.33. The molecule has 16 heavy (non-hydrogen) atoms. The lowest BCUT2D eigenvalue weighted by atomic mass is 10.0. The van der Waals surface area contributed by atoms with Crippen molar-refractivity contribution in [1.29, 1.82) is 0 Å². The third kappa shape index (κ3) is 3.21. The van der Waals surface area contributed by atoms with Crippen molar-refractivity contribution in [1.82, 2.24) is 5.32 Å². The Balaban J connectivity index is 2.90. The molecule has 0 amide bonds. The second-order valence-electron chi connectivity index (χ2n) is 3.94. The van der Waals surface area contributed by atoms with Gasteiger partial charge in [-0.25, -0.2) is 0 Å². The van der Waals surface area contributed by atoms with Gasteiger partial charge in [0, 0.05) is 11.6 Å². The molecule has 0 spiro atoms. The molecule has 0 aromatic heterocycles. The fraction of sp³-hybridized carbons (Fsp3) is 0.538. The van der Waals surface area contributed by atoms with Gasteiger partial charge in [-0.1, -0.05) is 23.7 Å². The Morgan fingerprint density at radius 2 is 2.12 bits per heavy atom. The monoisotopic (exact) mass is 241 g/mol. The third-order valence-electron chi connectivity index (χ3n) is 2.76. The topological polar surface area (TPSA) is 21.3 Å². The molecule has 90 valence electrons. The van der Waals surface area contributed by atoms with Gasteiger partial charge in [0.1, 0.15) is 0 Å². The van der Waals surface area contributed by atoms with E-state index in [9.17, 15) is 0 Å². The quantitative estimate of drug-likeness (QED) is 0.854. The Hall–Kier alpha value is -0.570. The van der Waals surface area contributed by atoms with Crippen molar-refractivity contribution in [3.63, 3.8) is 0 Å². The van der Waals surface area contributed by atoms with Gasteiger partial charge in [-0.3, -0.25) is 0 Å². The van der Waals surface area contributed by atoms with Crippen molar-refractivity contribution in [2.24, 2.45) is 0 Å². The molecule has 0 aliphatic rings. The van der Waals surface area contributed by atoms with Gasteiger partial charge in [0.15, 0.2) is 0 Å². The minimum atomic E-state index is 0.133. The van der Waals surface area contributed by atoms with Crippen LogP contribution in [0, 0.1) is 6.92 Å². The van der Waals surface area contributed by atoms with Crippen LogP contribution in [-0.4, -0.2) is 19.8 Å². The van der Waals surface area contributed by atoms with Crippen molar-refractivity contribution in [3.8, 4) is 0 Å². The minimum Gasteiger partial charge on any atom is -0.377 e. The molecule has 0 fully saturated rings. The Morgan fingerprint density at radius 1 is 1.44 bits per heavy atom. The molecule has 0 aliphatic carbocycles. The number of aryl methyl sites for hydroxylation is 1. The first-order chi connectivity index (χ1) is 7.60. The van der Waals surface area contributed by atoms with E-state index >= 15 is 0 Å². The zero-order valence-electron chi connectivity index (χ0n) is 10.4. The first-order valence-electron chi connectivity index (χ1n) is 5.65. The van der Waals surface area contributed by atoms with Crippen molar-refractivity contribution in [2.45, 2.75) is 32.9 Å². The van der Waals surface area contributed by atoms with Crippen LogP contribution in [0.4, 0.5) is 0 Å². The number of hydrogen-bond donors (Lipinski definition) is 1. The molecule has 1 N–H and O–H groups in total. The summed E-state index contributed by atoms with van der Waals surface area (Å²) in [7, 11) is 1.94. The Bertz CT molecular complexity index is 341. The van der Waals surface area contributed by atoms with Gasteiger partial charge < -0.3 is 10.1 Å². The molecular weight excluding hydrogens is 222 g/mol. The summed E-state index contributed by atoms with van der Waals surface area (Å²) in [4.78, 5) is 0. The highest BCUT2D eigenvalue weighted by molar-refractivity contribution is 6.31. The minimum absolute atomic E-state index is 0.133. The van der Waals surface area contributed by atoms with E-state index in [1.54, 1.807) is 0 Å². The summed E-state index contributed by atoms with van der Waals surface area (Å²) in [5.74, 6) is 0. The van der Waals surface area contributed by atoms with Crippen molar-refractivity contribution in [2.75, 3.05) is 13.7 Å². The van der Waals surface area contributed by atoms with Gasteiger partial charge in [0.05, 0.1) is 12.1 Å². The Kier molecular flexibility index (Phi) is 5.26. The molecule has 2 unspecified atom stereocenters. The summed E-state index contributed by atoms with van der Waals surface area (Å²) in [5.41, 5.74) is 2.27. The number of ether oxygens (including phenoxy) is 1. The van der Waals surface area contributed by atoms with Gasteiger partial charge in [-0.05, 0) is 45.0 Å². The molecule has 2 nitrogen and oxygen atoms in total. The summed E-state index contributed by atoms with van der Waals surface area (Å²) in [6.07, 6.45) is 0.133. The first-order valence-corrected chi connectivity index (χ1v) is 6.02. The van der Waals surface area contributed by atoms with Crippen molar-refractivity contribution in [3.05, 3.63) is 34.3 Å². The SMILES string of the molecule is CCOC(C)C(NC)c1ccc(C)c(Cl)c1. The third-order valence-corrected chi connectivity index (χ3v) is 3.17. The van der Waals surface area contributed by atoms with Gasteiger partial charge in [0.25, 0.3) is 0 Å². The average Bonchev–Trinajstić information content (AvgIpc) is 2.25. The van der Waals surface area contributed by atoms with Crippen LogP contribution in [0.15, 0.2) is 18.2 Å². The Morgan fingerprint density at radius 3 is 2.62 bits per heavy atom. The maximum Gasteiger partial charge on any atom is 0.0741 e. The summed E-state index contributed by atoms with van der Waals surface area (Å²) in [6.45, 7) is 6.80. The lowest BCUT2D eigenvalue weighted by molar-refractivity contribution is 0.0493. The molecule has 0 bridgehead atoms. The smallest absolute Gasteiger partial charge is 0.0741 e. The van der Waals surface area contributed by atoms with Crippen molar-refractivity contribution < 1.29 is 4.74 Å². The summed E-state index contributed by atoms with van der Waals surface area (Å²) < 4.78 is 5.61. The zero-order chi connectivity index (χ0) is 12.1. The number of nitrogens with one attached hydrogen (secondary N) is 1. The molecule has 0 radical (unpaired) electrons. The van der Waals surface area contributed by atoms with Crippen molar-refractivity contribution >= 4 is 11.6 Å². The van der Waals surface area contributed by atoms with E-state index in [-0.39, 0.29) is 12.1 Å². The molecular formula is C13H20ClNO. The van der Waals surface area contributed by atoms with Crippen LogP contribution < -0.4 is 5.32 Å².